The number of hydrogen-bond acceptors (Lipinski definition) is 4. The van der Waals surface area contributed by atoms with Crippen molar-refractivity contribution in [1.29, 1.82) is 0 Å². The van der Waals surface area contributed by atoms with Crippen molar-refractivity contribution in [1.82, 2.24) is 19.4 Å². The van der Waals surface area contributed by atoms with E-state index in [1.807, 2.05) is 22.8 Å². The minimum atomic E-state index is 0.0364. The molecule has 2 amide bonds. The monoisotopic (exact) mass is 489 g/mol. The molecule has 1 unspecified atom stereocenters. The molecular formula is C29H39N5O2. The first-order chi connectivity index (χ1) is 17.5. The number of nitrogens with zero attached hydrogens (tertiary/aromatic N) is 4. The summed E-state index contributed by atoms with van der Waals surface area (Å²) in [4.78, 5) is 35.6. The highest BCUT2D eigenvalue weighted by Gasteiger charge is 2.47. The molecule has 6 rings (SSSR count). The zero-order valence-electron chi connectivity index (χ0n) is 21.2. The average Bonchev–Trinajstić information content (AvgIpc) is 3.65. The summed E-state index contributed by atoms with van der Waals surface area (Å²) in [5.74, 6) is 0.891. The smallest absolute Gasteiger partial charge is 0.320 e. The highest BCUT2D eigenvalue weighted by Crippen LogP contribution is 2.49. The van der Waals surface area contributed by atoms with Gasteiger partial charge in [0.1, 0.15) is 0 Å². The zero-order chi connectivity index (χ0) is 24.7. The number of carbonyl (C=O) groups is 1. The minimum absolute atomic E-state index is 0.0364. The summed E-state index contributed by atoms with van der Waals surface area (Å²) in [7, 11) is 0. The molecule has 36 heavy (non-hydrogen) atoms. The largest absolute Gasteiger partial charge is 0.328 e. The van der Waals surface area contributed by atoms with Gasteiger partial charge in [0, 0.05) is 44.2 Å². The van der Waals surface area contributed by atoms with Crippen molar-refractivity contribution in [2.45, 2.75) is 82.3 Å². The van der Waals surface area contributed by atoms with Gasteiger partial charge in [-0.05, 0) is 61.8 Å². The Hall–Kier alpha value is -2.67. The SMILES string of the molecule is N[C@@H]1CCN(C(=O)N2CCC(Cn3cnc(C4CC4)cc3=O)C3(CCCC3)C2)[C@H](c2ccccc2)C1. The molecule has 2 aliphatic carbocycles. The highest BCUT2D eigenvalue weighted by molar-refractivity contribution is 5.75. The molecule has 4 aliphatic rings. The van der Waals surface area contributed by atoms with Crippen LogP contribution in [0.2, 0.25) is 0 Å². The van der Waals surface area contributed by atoms with Crippen molar-refractivity contribution < 1.29 is 4.79 Å². The van der Waals surface area contributed by atoms with E-state index in [-0.39, 0.29) is 29.1 Å². The Morgan fingerprint density at radius 2 is 1.83 bits per heavy atom. The number of nitrogens with two attached hydrogens (primary N) is 1. The first-order valence-electron chi connectivity index (χ1n) is 13.9. The molecule has 1 spiro atoms. The lowest BCUT2D eigenvalue weighted by atomic mass is 9.69. The molecule has 7 heteroatoms. The molecule has 2 aromatic rings. The van der Waals surface area contributed by atoms with E-state index < -0.39 is 0 Å². The molecule has 2 saturated heterocycles. The molecule has 7 nitrogen and oxygen atoms in total. The number of amides is 2. The van der Waals surface area contributed by atoms with Crippen LogP contribution in [0.5, 0.6) is 0 Å². The maximum absolute atomic E-state index is 14.0. The second-order valence-corrected chi connectivity index (χ2v) is 11.7. The fourth-order valence-electron chi connectivity index (χ4n) is 7.11. The first kappa shape index (κ1) is 23.7. The number of likely N-dealkylation sites (tertiary alicyclic amines) is 2. The van der Waals surface area contributed by atoms with Crippen molar-refractivity contribution in [3.63, 3.8) is 0 Å². The van der Waals surface area contributed by atoms with Gasteiger partial charge in [-0.1, -0.05) is 43.2 Å². The Morgan fingerprint density at radius 3 is 2.56 bits per heavy atom. The van der Waals surface area contributed by atoms with Gasteiger partial charge in [0.25, 0.3) is 5.56 Å². The third kappa shape index (κ3) is 4.58. The van der Waals surface area contributed by atoms with E-state index in [1.165, 1.54) is 18.4 Å². The molecule has 2 N–H and O–H groups in total. The molecule has 2 aliphatic heterocycles. The van der Waals surface area contributed by atoms with Crippen LogP contribution in [-0.4, -0.2) is 51.1 Å². The van der Waals surface area contributed by atoms with Gasteiger partial charge in [0.05, 0.1) is 18.1 Å². The van der Waals surface area contributed by atoms with E-state index >= 15 is 0 Å². The summed E-state index contributed by atoms with van der Waals surface area (Å²) in [6, 6.07) is 12.4. The van der Waals surface area contributed by atoms with Crippen LogP contribution in [0.15, 0.2) is 47.5 Å². The molecule has 1 aromatic carbocycles. The summed E-state index contributed by atoms with van der Waals surface area (Å²) >= 11 is 0. The van der Waals surface area contributed by atoms with Gasteiger partial charge in [0.15, 0.2) is 0 Å². The van der Waals surface area contributed by atoms with E-state index in [1.54, 1.807) is 12.4 Å². The fourth-order valence-corrected chi connectivity index (χ4v) is 7.11. The van der Waals surface area contributed by atoms with Crippen molar-refractivity contribution in [2.75, 3.05) is 19.6 Å². The Labute approximate surface area is 213 Å². The molecule has 3 heterocycles. The first-order valence-corrected chi connectivity index (χ1v) is 13.9. The van der Waals surface area contributed by atoms with E-state index in [2.05, 4.69) is 26.9 Å². The number of benzene rings is 1. The Kier molecular flexibility index (Phi) is 6.36. The summed E-state index contributed by atoms with van der Waals surface area (Å²) in [6.07, 6.45) is 11.4. The van der Waals surface area contributed by atoms with Gasteiger partial charge in [-0.3, -0.25) is 9.36 Å². The molecule has 192 valence electrons. The molecule has 3 atom stereocenters. The van der Waals surface area contributed by atoms with Gasteiger partial charge in [-0.2, -0.15) is 0 Å². The van der Waals surface area contributed by atoms with E-state index in [9.17, 15) is 9.59 Å². The molecule has 2 saturated carbocycles. The van der Waals surface area contributed by atoms with Crippen LogP contribution >= 0.6 is 0 Å². The minimum Gasteiger partial charge on any atom is -0.328 e. The Bertz CT molecular complexity index is 1140. The lowest BCUT2D eigenvalue weighted by Gasteiger charge is -2.49. The summed E-state index contributed by atoms with van der Waals surface area (Å²) in [5, 5.41) is 0. The maximum Gasteiger partial charge on any atom is 0.320 e. The summed E-state index contributed by atoms with van der Waals surface area (Å²) in [5.41, 5.74) is 8.65. The lowest BCUT2D eigenvalue weighted by molar-refractivity contribution is 0.0214. The number of hydrogen-bond donors (Lipinski definition) is 1. The number of piperidine rings is 2. The van der Waals surface area contributed by atoms with Crippen LogP contribution < -0.4 is 11.3 Å². The standard InChI is InChI=1S/C29H39N5O2/c30-24-11-15-34(26(16-24)22-6-2-1-3-7-22)28(36)32-14-10-23(29(19-32)12-4-5-13-29)18-33-20-31-25(17-27(33)35)21-8-9-21/h1-3,6-7,17,20-21,23-24,26H,4-5,8-16,18-19,30H2/t23?,24-,26+/m1/s1. The van der Waals surface area contributed by atoms with Crippen LogP contribution in [-0.2, 0) is 6.54 Å². The fraction of sp³-hybridized carbons (Fsp3) is 0.621. The van der Waals surface area contributed by atoms with Crippen LogP contribution in [0.3, 0.4) is 0 Å². The van der Waals surface area contributed by atoms with Crippen LogP contribution in [0, 0.1) is 11.3 Å². The highest BCUT2D eigenvalue weighted by atomic mass is 16.2. The number of carbonyl (C=O) groups excluding carboxylic acids is 1. The van der Waals surface area contributed by atoms with Gasteiger partial charge < -0.3 is 15.5 Å². The van der Waals surface area contributed by atoms with Crippen LogP contribution in [0.1, 0.15) is 81.0 Å². The molecule has 1 aromatic heterocycles. The quantitative estimate of drug-likeness (QED) is 0.695. The van der Waals surface area contributed by atoms with Gasteiger partial charge in [0.2, 0.25) is 0 Å². The third-order valence-corrected chi connectivity index (χ3v) is 9.38. The van der Waals surface area contributed by atoms with Gasteiger partial charge >= 0.3 is 6.03 Å². The maximum atomic E-state index is 14.0. The molecule has 4 fully saturated rings. The number of rotatable bonds is 4. The average molecular weight is 490 g/mol. The lowest BCUT2D eigenvalue weighted by Crippen LogP contribution is -2.56. The van der Waals surface area contributed by atoms with Crippen LogP contribution in [0.4, 0.5) is 4.79 Å². The Balaban J connectivity index is 1.19. The zero-order valence-corrected chi connectivity index (χ0v) is 21.2. The number of urea groups is 1. The van der Waals surface area contributed by atoms with Crippen LogP contribution in [0.25, 0.3) is 0 Å². The predicted molar refractivity (Wildman–Crippen MR) is 140 cm³/mol. The summed E-state index contributed by atoms with van der Waals surface area (Å²) < 4.78 is 1.82. The van der Waals surface area contributed by atoms with Gasteiger partial charge in [-0.25, -0.2) is 9.78 Å². The van der Waals surface area contributed by atoms with Crippen molar-refractivity contribution in [3.8, 4) is 0 Å². The molecule has 0 bridgehead atoms. The topological polar surface area (TPSA) is 84.5 Å². The van der Waals surface area contributed by atoms with E-state index in [0.29, 0.717) is 24.9 Å². The summed E-state index contributed by atoms with van der Waals surface area (Å²) in [6.45, 7) is 2.96. The van der Waals surface area contributed by atoms with Crippen molar-refractivity contribution in [3.05, 3.63) is 64.3 Å². The van der Waals surface area contributed by atoms with Gasteiger partial charge in [-0.15, -0.1) is 0 Å². The predicted octanol–water partition coefficient (Wildman–Crippen LogP) is 4.29. The second-order valence-electron chi connectivity index (χ2n) is 11.7. The number of aromatic nitrogens is 2. The normalized spacial score (nSPS) is 28.0. The van der Waals surface area contributed by atoms with Crippen molar-refractivity contribution >= 4 is 6.03 Å². The molecule has 0 radical (unpaired) electrons. The molecular weight excluding hydrogens is 450 g/mol. The van der Waals surface area contributed by atoms with E-state index in [4.69, 9.17) is 5.73 Å². The second kappa shape index (κ2) is 9.66. The van der Waals surface area contributed by atoms with Crippen molar-refractivity contribution in [2.24, 2.45) is 17.1 Å². The Morgan fingerprint density at radius 1 is 1.06 bits per heavy atom. The van der Waals surface area contributed by atoms with E-state index in [0.717, 1.165) is 63.7 Å². The third-order valence-electron chi connectivity index (χ3n) is 9.38.